The number of anilines is 1. The van der Waals surface area contributed by atoms with E-state index in [4.69, 9.17) is 9.26 Å². The fourth-order valence-corrected chi connectivity index (χ4v) is 4.71. The Labute approximate surface area is 220 Å². The summed E-state index contributed by atoms with van der Waals surface area (Å²) in [6.45, 7) is 3.46. The molecule has 5 rings (SSSR count). The summed E-state index contributed by atoms with van der Waals surface area (Å²) in [5.74, 6) is -0.109. The lowest BCUT2D eigenvalue weighted by Gasteiger charge is -2.20. The fraction of sp³-hybridized carbons (Fsp3) is 0.357. The van der Waals surface area contributed by atoms with Gasteiger partial charge in [-0.25, -0.2) is 0 Å². The van der Waals surface area contributed by atoms with Crippen molar-refractivity contribution in [3.63, 3.8) is 0 Å². The quantitative estimate of drug-likeness (QED) is 0.471. The molecule has 1 aromatic heterocycles. The van der Waals surface area contributed by atoms with Gasteiger partial charge >= 0.3 is 0 Å². The maximum Gasteiger partial charge on any atom is 0.274 e. The number of nitrogens with one attached hydrogen (secondary N) is 2. The zero-order valence-corrected chi connectivity index (χ0v) is 21.3. The molecule has 0 aliphatic carbocycles. The van der Waals surface area contributed by atoms with Crippen molar-refractivity contribution in [3.8, 4) is 5.75 Å². The third-order valence-corrected chi connectivity index (χ3v) is 6.85. The number of ether oxygens (including phenoxy) is 1. The van der Waals surface area contributed by atoms with Crippen LogP contribution in [0.5, 0.6) is 5.75 Å². The van der Waals surface area contributed by atoms with E-state index < -0.39 is 11.9 Å². The molecule has 10 nitrogen and oxygen atoms in total. The second kappa shape index (κ2) is 11.5. The monoisotopic (exact) mass is 517 g/mol. The van der Waals surface area contributed by atoms with Crippen LogP contribution in [0.2, 0.25) is 0 Å². The highest BCUT2D eigenvalue weighted by Gasteiger charge is 2.32. The normalized spacial score (nSPS) is 17.4. The smallest absolute Gasteiger partial charge is 0.274 e. The number of amides is 3. The van der Waals surface area contributed by atoms with Gasteiger partial charge in [0.2, 0.25) is 0 Å². The van der Waals surface area contributed by atoms with E-state index in [1.54, 1.807) is 31.3 Å². The number of carbonyl (C=O) groups excluding carboxylic acids is 3. The summed E-state index contributed by atoms with van der Waals surface area (Å²) in [6.07, 6.45) is 2.90. The summed E-state index contributed by atoms with van der Waals surface area (Å²) < 4.78 is 11.2. The van der Waals surface area contributed by atoms with Gasteiger partial charge in [-0.15, -0.1) is 0 Å². The first-order chi connectivity index (χ1) is 18.5. The van der Waals surface area contributed by atoms with Crippen LogP contribution in [-0.4, -0.2) is 73.7 Å². The number of aromatic nitrogens is 1. The van der Waals surface area contributed by atoms with Crippen molar-refractivity contribution < 1.29 is 23.6 Å². The molecule has 3 heterocycles. The molecule has 2 aliphatic heterocycles. The summed E-state index contributed by atoms with van der Waals surface area (Å²) in [6, 6.07) is 15.3. The van der Waals surface area contributed by atoms with E-state index in [1.807, 2.05) is 30.3 Å². The highest BCUT2D eigenvalue weighted by Crippen LogP contribution is 2.31. The van der Waals surface area contributed by atoms with Gasteiger partial charge in [0.15, 0.2) is 5.69 Å². The molecule has 38 heavy (non-hydrogen) atoms. The predicted molar refractivity (Wildman–Crippen MR) is 140 cm³/mol. The van der Waals surface area contributed by atoms with E-state index in [1.165, 1.54) is 17.7 Å². The lowest BCUT2D eigenvalue weighted by molar-refractivity contribution is -0.120. The van der Waals surface area contributed by atoms with Gasteiger partial charge in [0.05, 0.1) is 5.69 Å². The maximum absolute atomic E-state index is 13.2. The topological polar surface area (TPSA) is 117 Å². The first-order valence-electron chi connectivity index (χ1n) is 12.8. The molecule has 0 saturated carbocycles. The van der Waals surface area contributed by atoms with E-state index in [0.717, 1.165) is 25.2 Å². The molecule has 3 amide bonds. The van der Waals surface area contributed by atoms with E-state index in [-0.39, 0.29) is 24.1 Å². The van der Waals surface area contributed by atoms with Crippen molar-refractivity contribution in [2.24, 2.45) is 0 Å². The second-order valence-electron chi connectivity index (χ2n) is 9.56. The third-order valence-electron chi connectivity index (χ3n) is 6.85. The standard InChI is InChI=1S/C28H31N5O5/c1-32-24-16-20(26(34)29-11-14-33-12-5-6-13-33)9-10-25(24)37-18-23(28(32)36)30-27(35)22-17-21(38-31-22)15-19-7-3-2-4-8-19/h2-4,7-10,16-17,23H,5-6,11-15,18H2,1H3,(H,29,34)(H,30,35). The minimum absolute atomic E-state index is 0.0575. The minimum Gasteiger partial charge on any atom is -0.489 e. The summed E-state index contributed by atoms with van der Waals surface area (Å²) in [4.78, 5) is 42.5. The SMILES string of the molecule is CN1C(=O)C(NC(=O)c2cc(Cc3ccccc3)on2)COc2ccc(C(=O)NCCN3CCCC3)cc21. The van der Waals surface area contributed by atoms with Crippen LogP contribution < -0.4 is 20.3 Å². The lowest BCUT2D eigenvalue weighted by Crippen LogP contribution is -2.49. The van der Waals surface area contributed by atoms with Gasteiger partial charge < -0.3 is 29.7 Å². The number of hydrogen-bond donors (Lipinski definition) is 2. The Balaban J connectivity index is 1.20. The number of carbonyl (C=O) groups is 3. The predicted octanol–water partition coefficient (Wildman–Crippen LogP) is 2.24. The van der Waals surface area contributed by atoms with Crippen LogP contribution in [0.25, 0.3) is 0 Å². The van der Waals surface area contributed by atoms with Crippen molar-refractivity contribution in [1.29, 1.82) is 0 Å². The number of likely N-dealkylation sites (tertiary alicyclic amines) is 1. The number of rotatable bonds is 8. The Hall–Kier alpha value is -4.18. The van der Waals surface area contributed by atoms with Gasteiger partial charge in [0.1, 0.15) is 24.2 Å². The molecule has 2 aliphatic rings. The molecule has 2 aromatic carbocycles. The van der Waals surface area contributed by atoms with Gasteiger partial charge in [-0.3, -0.25) is 14.4 Å². The Kier molecular flexibility index (Phi) is 7.69. The van der Waals surface area contributed by atoms with Crippen LogP contribution in [0.1, 0.15) is 45.0 Å². The molecule has 10 heteroatoms. The molecule has 2 N–H and O–H groups in total. The number of fused-ring (bicyclic) bond motifs is 1. The van der Waals surface area contributed by atoms with Gasteiger partial charge in [-0.05, 0) is 49.7 Å². The van der Waals surface area contributed by atoms with Crippen LogP contribution in [-0.2, 0) is 11.2 Å². The van der Waals surface area contributed by atoms with Crippen molar-refractivity contribution in [2.45, 2.75) is 25.3 Å². The average molecular weight is 518 g/mol. The van der Waals surface area contributed by atoms with Crippen LogP contribution in [0.15, 0.2) is 59.1 Å². The summed E-state index contributed by atoms with van der Waals surface area (Å²) >= 11 is 0. The third kappa shape index (κ3) is 5.86. The van der Waals surface area contributed by atoms with Crippen molar-refractivity contribution in [3.05, 3.63) is 77.2 Å². The number of nitrogens with zero attached hydrogens (tertiary/aromatic N) is 3. The van der Waals surface area contributed by atoms with Gasteiger partial charge in [-0.2, -0.15) is 0 Å². The van der Waals surface area contributed by atoms with Crippen LogP contribution in [0, 0.1) is 0 Å². The summed E-state index contributed by atoms with van der Waals surface area (Å²) in [5.41, 5.74) is 2.01. The molecule has 0 spiro atoms. The molecule has 3 aromatic rings. The first kappa shape index (κ1) is 25.5. The largest absolute Gasteiger partial charge is 0.489 e. The van der Waals surface area contributed by atoms with Crippen LogP contribution in [0.3, 0.4) is 0 Å². The van der Waals surface area contributed by atoms with E-state index in [2.05, 4.69) is 20.7 Å². The van der Waals surface area contributed by atoms with Gasteiger partial charge in [0.25, 0.3) is 17.7 Å². The molecule has 0 radical (unpaired) electrons. The second-order valence-corrected chi connectivity index (χ2v) is 9.56. The molecule has 1 saturated heterocycles. The molecule has 198 valence electrons. The Morgan fingerprint density at radius 2 is 1.84 bits per heavy atom. The van der Waals surface area contributed by atoms with Crippen molar-refractivity contribution >= 4 is 23.4 Å². The van der Waals surface area contributed by atoms with Crippen molar-refractivity contribution in [1.82, 2.24) is 20.7 Å². The van der Waals surface area contributed by atoms with Crippen LogP contribution >= 0.6 is 0 Å². The lowest BCUT2D eigenvalue weighted by atomic mass is 10.1. The zero-order valence-electron chi connectivity index (χ0n) is 21.3. The van der Waals surface area contributed by atoms with E-state index in [9.17, 15) is 14.4 Å². The molecule has 1 fully saturated rings. The number of hydrogen-bond acceptors (Lipinski definition) is 7. The highest BCUT2D eigenvalue weighted by atomic mass is 16.5. The maximum atomic E-state index is 13.2. The van der Waals surface area contributed by atoms with Crippen LogP contribution in [0.4, 0.5) is 5.69 Å². The molecular weight excluding hydrogens is 486 g/mol. The summed E-state index contributed by atoms with van der Waals surface area (Å²) in [7, 11) is 1.60. The molecular formula is C28H31N5O5. The first-order valence-corrected chi connectivity index (χ1v) is 12.8. The highest BCUT2D eigenvalue weighted by molar-refractivity contribution is 6.04. The molecule has 1 unspecified atom stereocenters. The minimum atomic E-state index is -0.938. The van der Waals surface area contributed by atoms with E-state index >= 15 is 0 Å². The molecule has 1 atom stereocenters. The average Bonchev–Trinajstić information content (AvgIpc) is 3.61. The number of likely N-dealkylation sites (N-methyl/N-ethyl adjacent to an activating group) is 1. The Morgan fingerprint density at radius 3 is 2.63 bits per heavy atom. The fourth-order valence-electron chi connectivity index (χ4n) is 4.71. The summed E-state index contributed by atoms with van der Waals surface area (Å²) in [5, 5.41) is 9.51. The molecule has 0 bridgehead atoms. The number of benzene rings is 2. The Bertz CT molecular complexity index is 1300. The Morgan fingerprint density at radius 1 is 1.05 bits per heavy atom. The van der Waals surface area contributed by atoms with Gasteiger partial charge in [0, 0.05) is 38.2 Å². The van der Waals surface area contributed by atoms with Crippen molar-refractivity contribution in [2.75, 3.05) is 44.7 Å². The van der Waals surface area contributed by atoms with E-state index in [0.29, 0.717) is 35.7 Å². The zero-order chi connectivity index (χ0) is 26.5. The van der Waals surface area contributed by atoms with Gasteiger partial charge in [-0.1, -0.05) is 35.5 Å².